The lowest BCUT2D eigenvalue weighted by molar-refractivity contribution is -0.137. The quantitative estimate of drug-likeness (QED) is 0.0632. The van der Waals surface area contributed by atoms with E-state index in [1.54, 1.807) is 13.2 Å². The first kappa shape index (κ1) is 32.2. The summed E-state index contributed by atoms with van der Waals surface area (Å²) in [6, 6.07) is -1.72. The molecule has 0 fully saturated rings. The summed E-state index contributed by atoms with van der Waals surface area (Å²) < 4.78 is 0. The fourth-order valence-corrected chi connectivity index (χ4v) is 5.78. The molecule has 0 aromatic carbocycles. The lowest BCUT2D eigenvalue weighted by Gasteiger charge is -2.17. The molecule has 0 bridgehead atoms. The maximum Gasteiger partial charge on any atom is 0.288 e. The highest BCUT2D eigenvalue weighted by molar-refractivity contribution is 8.77. The summed E-state index contributed by atoms with van der Waals surface area (Å²) >= 11 is 8.26. The molecular weight excluding hydrogens is 531 g/mol. The van der Waals surface area contributed by atoms with Crippen LogP contribution in [0.5, 0.6) is 0 Å². The van der Waals surface area contributed by atoms with Crippen molar-refractivity contribution in [3.05, 3.63) is 0 Å². The Hall–Kier alpha value is 0.170. The Bertz CT molecular complexity index is 640. The predicted molar refractivity (Wildman–Crippen MR) is 145 cm³/mol. The van der Waals surface area contributed by atoms with E-state index in [2.05, 4.69) is 41.2 Å². The van der Waals surface area contributed by atoms with Crippen molar-refractivity contribution in [3.8, 4) is 0 Å². The van der Waals surface area contributed by atoms with Crippen LogP contribution in [0.4, 0.5) is 0 Å². The van der Waals surface area contributed by atoms with Gasteiger partial charge in [0.05, 0.1) is 41.9 Å². The Kier molecular flexibility index (Phi) is 19.6. The number of hydrogen-bond donors (Lipinski definition) is 5. The van der Waals surface area contributed by atoms with Gasteiger partial charge >= 0.3 is 0 Å². The number of hydrogen-bond acceptors (Lipinski definition) is 13. The molecule has 0 aliphatic rings. The van der Waals surface area contributed by atoms with Crippen molar-refractivity contribution in [1.29, 1.82) is 0 Å². The first-order valence-corrected chi connectivity index (χ1v) is 16.2. The Morgan fingerprint density at radius 1 is 0.812 bits per heavy atom. The molecule has 32 heavy (non-hydrogen) atoms. The second-order valence-electron chi connectivity index (χ2n) is 6.38. The van der Waals surface area contributed by atoms with E-state index in [-0.39, 0.29) is 58.7 Å². The highest BCUT2D eigenvalue weighted by atomic mass is 33.1. The molecule has 0 aliphatic carbocycles. The maximum atomic E-state index is 12.4. The van der Waals surface area contributed by atoms with E-state index in [1.807, 2.05) is 6.92 Å². The lowest BCUT2D eigenvalue weighted by Crippen LogP contribution is -2.46. The highest BCUT2D eigenvalue weighted by Gasteiger charge is 2.24. The monoisotopic (exact) mass is 561 g/mol. The Morgan fingerprint density at radius 3 is 1.88 bits per heavy atom. The van der Waals surface area contributed by atoms with Crippen molar-refractivity contribution in [2.45, 2.75) is 32.0 Å². The van der Waals surface area contributed by atoms with Crippen LogP contribution in [0.1, 0.15) is 13.8 Å². The summed E-state index contributed by atoms with van der Waals surface area (Å²) in [5, 5.41) is 8.37. The third-order valence-corrected chi connectivity index (χ3v) is 8.60. The molecule has 0 aliphatic heterocycles. The molecule has 14 heteroatoms. The van der Waals surface area contributed by atoms with Crippen LogP contribution >= 0.6 is 68.4 Å². The molecule has 0 heterocycles. The molecule has 0 radical (unpaired) electrons. The summed E-state index contributed by atoms with van der Waals surface area (Å²) in [5.74, 6) is -1.29. The van der Waals surface area contributed by atoms with Crippen molar-refractivity contribution in [2.75, 3.05) is 48.1 Å². The van der Waals surface area contributed by atoms with Crippen molar-refractivity contribution in [2.24, 2.45) is 0 Å². The van der Waals surface area contributed by atoms with Crippen LogP contribution in [0.2, 0.25) is 0 Å². The molecule has 0 spiro atoms. The van der Waals surface area contributed by atoms with E-state index in [0.717, 1.165) is 0 Å². The van der Waals surface area contributed by atoms with Crippen molar-refractivity contribution < 1.29 is 24.0 Å². The number of amides is 1. The normalized spacial score (nSPS) is 13.8. The summed E-state index contributed by atoms with van der Waals surface area (Å²) in [4.78, 5) is 60.2. The first-order chi connectivity index (χ1) is 15.2. The molecule has 3 atom stereocenters. The second-order valence-corrected chi connectivity index (χ2v) is 12.1. The zero-order valence-electron chi connectivity index (χ0n) is 18.3. The van der Waals surface area contributed by atoms with Gasteiger partial charge in [-0.25, -0.2) is 0 Å². The average Bonchev–Trinajstić information content (AvgIpc) is 2.78. The summed E-state index contributed by atoms with van der Waals surface area (Å²) in [6.45, 7) is 4.43. The number of carbonyl (C=O) groups is 5. The molecular formula is C18H31N3O5S6. The van der Waals surface area contributed by atoms with Crippen molar-refractivity contribution in [1.82, 2.24) is 16.0 Å². The van der Waals surface area contributed by atoms with Crippen LogP contribution in [-0.2, 0) is 24.0 Å². The molecule has 0 saturated carbocycles. The lowest BCUT2D eigenvalue weighted by atomic mass is 10.2. The number of thiol groups is 2. The smallest absolute Gasteiger partial charge is 0.288 e. The van der Waals surface area contributed by atoms with Crippen LogP contribution in [0.3, 0.4) is 0 Å². The second kappa shape index (κ2) is 19.5. The molecule has 3 N–H and O–H groups in total. The summed E-state index contributed by atoms with van der Waals surface area (Å²) in [6.07, 6.45) is 1.80. The number of rotatable bonds is 20. The Morgan fingerprint density at radius 2 is 1.38 bits per heavy atom. The number of likely N-dealkylation sites (N-methyl/N-ethyl adjacent to an activating group) is 1. The van der Waals surface area contributed by atoms with Gasteiger partial charge in [0.25, 0.3) is 5.91 Å². The molecule has 0 saturated heterocycles. The number of carbonyl (C=O) groups excluding carboxylic acids is 5. The Labute approximate surface area is 216 Å². The largest absolute Gasteiger partial charge is 0.339 e. The number of Topliss-reactive ketones (excluding diaryl/α,β-unsaturated/α-hetero) is 4. The maximum absolute atomic E-state index is 12.4. The molecule has 184 valence electrons. The molecule has 0 aromatic rings. The number of ketones is 4. The van der Waals surface area contributed by atoms with E-state index >= 15 is 0 Å². The first-order valence-electron chi connectivity index (χ1n) is 9.72. The minimum absolute atomic E-state index is 0.0349. The average molecular weight is 562 g/mol. The third kappa shape index (κ3) is 13.8. The van der Waals surface area contributed by atoms with E-state index < -0.39 is 23.8 Å². The van der Waals surface area contributed by atoms with Crippen LogP contribution in [0.15, 0.2) is 0 Å². The van der Waals surface area contributed by atoms with Crippen LogP contribution in [-0.4, -0.2) is 95.3 Å². The SMILES string of the molecule is CCN[C@@H](C)C(=O)CN[C@@H](CS)C(=O)CSSCC(=O)[C@H](CS)NC(=O)C(=O)CSSC. The van der Waals surface area contributed by atoms with Gasteiger partial charge < -0.3 is 10.6 Å². The predicted octanol–water partition coefficient (Wildman–Crippen LogP) is 0.956. The van der Waals surface area contributed by atoms with Gasteiger partial charge in [0, 0.05) is 11.5 Å². The standard InChI is InChI=1S/C18H31N3O5S6/c1-4-19-11(2)14(22)5-20-12(6-27)15(23)8-31-32-9-16(24)13(7-28)21-18(26)17(25)10-30-29-3/h11-13,19-20,27-28H,4-10H2,1-3H3,(H,21,26)/t11-,12-,13-/m0/s1. The molecule has 0 unspecified atom stereocenters. The van der Waals surface area contributed by atoms with E-state index in [4.69, 9.17) is 0 Å². The zero-order chi connectivity index (χ0) is 24.5. The molecule has 0 rings (SSSR count). The van der Waals surface area contributed by atoms with Gasteiger partial charge in [-0.15, -0.1) is 0 Å². The highest BCUT2D eigenvalue weighted by Crippen LogP contribution is 2.22. The molecule has 0 aromatic heterocycles. The Balaban J connectivity index is 4.36. The van der Waals surface area contributed by atoms with E-state index in [1.165, 1.54) is 43.2 Å². The van der Waals surface area contributed by atoms with Gasteiger partial charge in [0.2, 0.25) is 5.78 Å². The summed E-state index contributed by atoms with van der Waals surface area (Å²) in [5.41, 5.74) is 0. The van der Waals surface area contributed by atoms with Crippen LogP contribution < -0.4 is 16.0 Å². The van der Waals surface area contributed by atoms with Gasteiger partial charge in [0.15, 0.2) is 17.3 Å². The van der Waals surface area contributed by atoms with Gasteiger partial charge in [0.1, 0.15) is 0 Å². The van der Waals surface area contributed by atoms with Gasteiger partial charge in [-0.3, -0.25) is 29.3 Å². The minimum Gasteiger partial charge on any atom is -0.339 e. The van der Waals surface area contributed by atoms with E-state index in [0.29, 0.717) is 6.54 Å². The van der Waals surface area contributed by atoms with Gasteiger partial charge in [-0.1, -0.05) is 50.1 Å². The molecule has 8 nitrogen and oxygen atoms in total. The fourth-order valence-electron chi connectivity index (χ4n) is 2.12. The van der Waals surface area contributed by atoms with Crippen LogP contribution in [0, 0.1) is 0 Å². The zero-order valence-corrected chi connectivity index (χ0v) is 23.3. The van der Waals surface area contributed by atoms with Crippen molar-refractivity contribution in [3.63, 3.8) is 0 Å². The fraction of sp³-hybridized carbons (Fsp3) is 0.722. The van der Waals surface area contributed by atoms with Gasteiger partial charge in [-0.2, -0.15) is 25.3 Å². The third-order valence-electron chi connectivity index (χ3n) is 4.01. The van der Waals surface area contributed by atoms with E-state index in [9.17, 15) is 24.0 Å². The minimum atomic E-state index is -0.866. The van der Waals surface area contributed by atoms with Gasteiger partial charge in [-0.05, 0) is 19.7 Å². The van der Waals surface area contributed by atoms with Crippen LogP contribution in [0.25, 0.3) is 0 Å². The topological polar surface area (TPSA) is 121 Å². The number of nitrogens with one attached hydrogen (secondary N) is 3. The van der Waals surface area contributed by atoms with Crippen molar-refractivity contribution >= 4 is 97.5 Å². The summed E-state index contributed by atoms with van der Waals surface area (Å²) in [7, 11) is 5.02. The molecule has 1 amide bonds.